The van der Waals surface area contributed by atoms with Crippen molar-refractivity contribution in [3.8, 4) is 5.75 Å². The maximum absolute atomic E-state index is 12.1. The van der Waals surface area contributed by atoms with Gasteiger partial charge in [0.15, 0.2) is 0 Å². The summed E-state index contributed by atoms with van der Waals surface area (Å²) < 4.78 is 5.54. The zero-order valence-electron chi connectivity index (χ0n) is 12.2. The van der Waals surface area contributed by atoms with Crippen LogP contribution in [0.1, 0.15) is 43.0 Å². The summed E-state index contributed by atoms with van der Waals surface area (Å²) in [6.45, 7) is 4.57. The lowest BCUT2D eigenvalue weighted by Crippen LogP contribution is -2.30. The molecule has 2 rings (SSSR count). The van der Waals surface area contributed by atoms with Crippen molar-refractivity contribution in [3.63, 3.8) is 0 Å². The van der Waals surface area contributed by atoms with E-state index in [9.17, 15) is 4.79 Å². The molecule has 4 nitrogen and oxygen atoms in total. The van der Waals surface area contributed by atoms with E-state index in [0.717, 1.165) is 31.7 Å². The Hall–Kier alpha value is -1.55. The molecule has 4 heteroatoms. The third kappa shape index (κ3) is 4.53. The van der Waals surface area contributed by atoms with E-state index in [4.69, 9.17) is 4.74 Å². The van der Waals surface area contributed by atoms with Gasteiger partial charge in [-0.1, -0.05) is 13.0 Å². The molecular weight excluding hydrogens is 252 g/mol. The third-order valence-corrected chi connectivity index (χ3v) is 3.51. The Bertz CT molecular complexity index is 428. The summed E-state index contributed by atoms with van der Waals surface area (Å²) in [4.78, 5) is 12.1. The highest BCUT2D eigenvalue weighted by Crippen LogP contribution is 2.14. The molecule has 1 amide bonds. The molecule has 110 valence electrons. The molecule has 0 aliphatic carbocycles. The van der Waals surface area contributed by atoms with Crippen molar-refractivity contribution in [3.05, 3.63) is 29.8 Å². The maximum atomic E-state index is 12.1. The van der Waals surface area contributed by atoms with Crippen LogP contribution < -0.4 is 15.4 Å². The lowest BCUT2D eigenvalue weighted by Gasteiger charge is -2.11. The molecule has 1 aliphatic heterocycles. The van der Waals surface area contributed by atoms with E-state index in [1.54, 1.807) is 6.07 Å². The SMILES string of the molecule is CCCOc1cccc(C(=O)NCC[C@H]2CCCN2)c1. The Labute approximate surface area is 120 Å². The summed E-state index contributed by atoms with van der Waals surface area (Å²) in [7, 11) is 0. The number of hydrogen-bond acceptors (Lipinski definition) is 3. The van der Waals surface area contributed by atoms with Gasteiger partial charge in [0.1, 0.15) is 5.75 Å². The highest BCUT2D eigenvalue weighted by atomic mass is 16.5. The van der Waals surface area contributed by atoms with E-state index in [0.29, 0.717) is 18.2 Å². The largest absolute Gasteiger partial charge is 0.494 e. The number of amides is 1. The van der Waals surface area contributed by atoms with Crippen molar-refractivity contribution in [1.29, 1.82) is 0 Å². The first-order valence-corrected chi connectivity index (χ1v) is 7.54. The predicted molar refractivity (Wildman–Crippen MR) is 80.2 cm³/mol. The van der Waals surface area contributed by atoms with Crippen LogP contribution in [0.4, 0.5) is 0 Å². The summed E-state index contributed by atoms with van der Waals surface area (Å²) in [5.41, 5.74) is 0.665. The van der Waals surface area contributed by atoms with Crippen molar-refractivity contribution in [2.45, 2.75) is 38.6 Å². The van der Waals surface area contributed by atoms with Crippen LogP contribution in [0, 0.1) is 0 Å². The van der Waals surface area contributed by atoms with Crippen molar-refractivity contribution >= 4 is 5.91 Å². The molecule has 1 atom stereocenters. The molecule has 1 heterocycles. The van der Waals surface area contributed by atoms with E-state index in [2.05, 4.69) is 17.6 Å². The van der Waals surface area contributed by atoms with E-state index in [1.165, 1.54) is 12.8 Å². The molecule has 1 aromatic rings. The maximum Gasteiger partial charge on any atom is 0.251 e. The van der Waals surface area contributed by atoms with Crippen molar-refractivity contribution in [2.24, 2.45) is 0 Å². The van der Waals surface area contributed by atoms with Crippen LogP contribution in [0.5, 0.6) is 5.75 Å². The van der Waals surface area contributed by atoms with Crippen LogP contribution in [-0.2, 0) is 0 Å². The molecule has 1 aromatic carbocycles. The van der Waals surface area contributed by atoms with Crippen LogP contribution >= 0.6 is 0 Å². The topological polar surface area (TPSA) is 50.4 Å². The van der Waals surface area contributed by atoms with Crippen molar-refractivity contribution in [1.82, 2.24) is 10.6 Å². The number of carbonyl (C=O) groups excluding carboxylic acids is 1. The summed E-state index contributed by atoms with van der Waals surface area (Å²) in [5, 5.41) is 6.41. The van der Waals surface area contributed by atoms with Crippen LogP contribution in [-0.4, -0.2) is 31.6 Å². The van der Waals surface area contributed by atoms with Gasteiger partial charge in [-0.3, -0.25) is 4.79 Å². The molecular formula is C16H24N2O2. The fourth-order valence-electron chi connectivity index (χ4n) is 2.41. The predicted octanol–water partition coefficient (Wildman–Crippen LogP) is 2.35. The number of ether oxygens (including phenoxy) is 1. The fraction of sp³-hybridized carbons (Fsp3) is 0.562. The molecule has 1 aliphatic rings. The Kier molecular flexibility index (Phi) is 5.87. The van der Waals surface area contributed by atoms with E-state index in [-0.39, 0.29) is 5.91 Å². The van der Waals surface area contributed by atoms with Gasteiger partial charge in [0.05, 0.1) is 6.61 Å². The van der Waals surface area contributed by atoms with Crippen LogP contribution in [0.25, 0.3) is 0 Å². The van der Waals surface area contributed by atoms with Gasteiger partial charge in [-0.2, -0.15) is 0 Å². The molecule has 0 spiro atoms. The van der Waals surface area contributed by atoms with E-state index >= 15 is 0 Å². The molecule has 0 saturated carbocycles. The number of nitrogens with one attached hydrogen (secondary N) is 2. The Morgan fingerprint density at radius 1 is 1.50 bits per heavy atom. The quantitative estimate of drug-likeness (QED) is 0.803. The molecule has 0 bridgehead atoms. The lowest BCUT2D eigenvalue weighted by atomic mass is 10.1. The lowest BCUT2D eigenvalue weighted by molar-refractivity contribution is 0.0952. The molecule has 0 unspecified atom stereocenters. The second-order valence-electron chi connectivity index (χ2n) is 5.21. The summed E-state index contributed by atoms with van der Waals surface area (Å²) in [6, 6.07) is 7.93. The average molecular weight is 276 g/mol. The van der Waals surface area contributed by atoms with Gasteiger partial charge in [-0.05, 0) is 50.4 Å². The Morgan fingerprint density at radius 2 is 2.40 bits per heavy atom. The standard InChI is InChI=1S/C16H24N2O2/c1-2-11-20-15-7-3-5-13(12-15)16(19)18-10-8-14-6-4-9-17-14/h3,5,7,12,14,17H,2,4,6,8-11H2,1H3,(H,18,19)/t14-/m1/s1. The zero-order valence-corrected chi connectivity index (χ0v) is 12.2. The molecule has 2 N–H and O–H groups in total. The number of hydrogen-bond donors (Lipinski definition) is 2. The monoisotopic (exact) mass is 276 g/mol. The first-order valence-electron chi connectivity index (χ1n) is 7.54. The molecule has 1 fully saturated rings. The zero-order chi connectivity index (χ0) is 14.2. The van der Waals surface area contributed by atoms with Gasteiger partial charge in [-0.25, -0.2) is 0 Å². The van der Waals surface area contributed by atoms with Crippen molar-refractivity contribution < 1.29 is 9.53 Å². The first-order chi connectivity index (χ1) is 9.79. The summed E-state index contributed by atoms with van der Waals surface area (Å²) in [5.74, 6) is 0.738. The first kappa shape index (κ1) is 14.9. The second-order valence-corrected chi connectivity index (χ2v) is 5.21. The summed E-state index contributed by atoms with van der Waals surface area (Å²) >= 11 is 0. The minimum Gasteiger partial charge on any atom is -0.494 e. The van der Waals surface area contributed by atoms with Crippen LogP contribution in [0.2, 0.25) is 0 Å². The van der Waals surface area contributed by atoms with Crippen LogP contribution in [0.15, 0.2) is 24.3 Å². The highest BCUT2D eigenvalue weighted by molar-refractivity contribution is 5.94. The highest BCUT2D eigenvalue weighted by Gasteiger charge is 2.14. The van der Waals surface area contributed by atoms with Gasteiger partial charge >= 0.3 is 0 Å². The van der Waals surface area contributed by atoms with Crippen LogP contribution in [0.3, 0.4) is 0 Å². The van der Waals surface area contributed by atoms with Gasteiger partial charge < -0.3 is 15.4 Å². The Balaban J connectivity index is 1.78. The smallest absolute Gasteiger partial charge is 0.251 e. The molecule has 20 heavy (non-hydrogen) atoms. The number of carbonyl (C=O) groups is 1. The fourth-order valence-corrected chi connectivity index (χ4v) is 2.41. The van der Waals surface area contributed by atoms with Gasteiger partial charge in [0.25, 0.3) is 5.91 Å². The molecule has 0 aromatic heterocycles. The van der Waals surface area contributed by atoms with Gasteiger partial charge in [0, 0.05) is 18.2 Å². The number of benzene rings is 1. The molecule has 1 saturated heterocycles. The van der Waals surface area contributed by atoms with E-state index < -0.39 is 0 Å². The minimum absolute atomic E-state index is 0.0232. The Morgan fingerprint density at radius 3 is 3.15 bits per heavy atom. The summed E-state index contributed by atoms with van der Waals surface area (Å²) in [6.07, 6.45) is 4.42. The van der Waals surface area contributed by atoms with Gasteiger partial charge in [0.2, 0.25) is 0 Å². The number of rotatable bonds is 7. The normalized spacial score (nSPS) is 17.9. The third-order valence-electron chi connectivity index (χ3n) is 3.51. The molecule has 0 radical (unpaired) electrons. The van der Waals surface area contributed by atoms with Crippen molar-refractivity contribution in [2.75, 3.05) is 19.7 Å². The minimum atomic E-state index is -0.0232. The van der Waals surface area contributed by atoms with Gasteiger partial charge in [-0.15, -0.1) is 0 Å². The second kappa shape index (κ2) is 7.90. The van der Waals surface area contributed by atoms with E-state index in [1.807, 2.05) is 18.2 Å². The average Bonchev–Trinajstić information content (AvgIpc) is 2.98.